The topological polar surface area (TPSA) is 49.9 Å². The number of methoxy groups -OCH3 is 1. The Kier molecular flexibility index (Phi) is 4.51. The molecular formula is C24H20N2O3S. The zero-order valence-corrected chi connectivity index (χ0v) is 17.3. The third-order valence-electron chi connectivity index (χ3n) is 5.55. The van der Waals surface area contributed by atoms with Gasteiger partial charge in [-0.3, -0.25) is 14.5 Å². The molecule has 2 aliphatic heterocycles. The Labute approximate surface area is 179 Å². The number of nitrogens with zero attached hydrogens (tertiary/aromatic N) is 2. The van der Waals surface area contributed by atoms with Crippen molar-refractivity contribution in [3.63, 3.8) is 0 Å². The monoisotopic (exact) mass is 416 g/mol. The molecule has 1 fully saturated rings. The maximum Gasteiger partial charge on any atom is 0.269 e. The van der Waals surface area contributed by atoms with Gasteiger partial charge in [0, 0.05) is 11.3 Å². The molecule has 30 heavy (non-hydrogen) atoms. The van der Waals surface area contributed by atoms with Gasteiger partial charge >= 0.3 is 0 Å². The normalized spacial score (nSPS) is 20.2. The van der Waals surface area contributed by atoms with Crippen molar-refractivity contribution in [3.8, 4) is 5.75 Å². The van der Waals surface area contributed by atoms with Gasteiger partial charge in [0.1, 0.15) is 5.75 Å². The Hall–Kier alpha value is -3.25. The van der Waals surface area contributed by atoms with Crippen molar-refractivity contribution >= 4 is 35.0 Å². The largest absolute Gasteiger partial charge is 0.497 e. The summed E-state index contributed by atoms with van der Waals surface area (Å²) in [5.41, 5.74) is 3.40. The number of ether oxygens (including phenoxy) is 1. The van der Waals surface area contributed by atoms with Crippen LogP contribution in [0, 0.1) is 0 Å². The molecule has 0 unspecified atom stereocenters. The number of fused-ring (bicyclic) bond motifs is 2. The van der Waals surface area contributed by atoms with Crippen LogP contribution in [0.5, 0.6) is 5.75 Å². The third kappa shape index (κ3) is 2.71. The number of hydrogen-bond donors (Lipinski definition) is 0. The summed E-state index contributed by atoms with van der Waals surface area (Å²) in [7, 11) is 1.63. The molecule has 2 heterocycles. The lowest BCUT2D eigenvalue weighted by molar-refractivity contribution is -0.123. The number of thioether (sulfide) groups is 1. The van der Waals surface area contributed by atoms with Gasteiger partial charge < -0.3 is 9.64 Å². The SMILES string of the molecule is COc1cccc(CN2C(=O)[C@]3(SCC(=O)N3c3ccccc3)c3ccccc32)c1. The summed E-state index contributed by atoms with van der Waals surface area (Å²) in [5, 5.41) is 0. The van der Waals surface area contributed by atoms with Gasteiger partial charge in [0.25, 0.3) is 5.91 Å². The second kappa shape index (κ2) is 7.22. The summed E-state index contributed by atoms with van der Waals surface area (Å²) >= 11 is 1.40. The van der Waals surface area contributed by atoms with E-state index in [9.17, 15) is 9.59 Å². The molecule has 1 spiro atoms. The molecule has 150 valence electrons. The lowest BCUT2D eigenvalue weighted by Crippen LogP contribution is -2.49. The molecule has 6 heteroatoms. The molecule has 5 nitrogen and oxygen atoms in total. The van der Waals surface area contributed by atoms with Crippen LogP contribution in [-0.4, -0.2) is 24.7 Å². The van der Waals surface area contributed by atoms with Crippen LogP contribution in [0.1, 0.15) is 11.1 Å². The van der Waals surface area contributed by atoms with Crippen LogP contribution in [0.3, 0.4) is 0 Å². The Morgan fingerprint density at radius 3 is 2.53 bits per heavy atom. The predicted molar refractivity (Wildman–Crippen MR) is 119 cm³/mol. The highest BCUT2D eigenvalue weighted by atomic mass is 32.2. The first-order valence-corrected chi connectivity index (χ1v) is 10.7. The lowest BCUT2D eigenvalue weighted by Gasteiger charge is -2.33. The molecule has 1 saturated heterocycles. The van der Waals surface area contributed by atoms with Crippen LogP contribution < -0.4 is 14.5 Å². The van der Waals surface area contributed by atoms with Crippen LogP contribution in [0.25, 0.3) is 0 Å². The molecule has 0 aliphatic carbocycles. The zero-order valence-electron chi connectivity index (χ0n) is 16.4. The molecule has 2 amide bonds. The minimum atomic E-state index is -1.08. The number of benzene rings is 3. The number of anilines is 2. The van der Waals surface area contributed by atoms with E-state index >= 15 is 0 Å². The predicted octanol–water partition coefficient (Wildman–Crippen LogP) is 4.17. The highest BCUT2D eigenvalue weighted by Gasteiger charge is 2.60. The van der Waals surface area contributed by atoms with Gasteiger partial charge in [0.2, 0.25) is 10.8 Å². The fourth-order valence-electron chi connectivity index (χ4n) is 4.24. The average molecular weight is 417 g/mol. The summed E-state index contributed by atoms with van der Waals surface area (Å²) in [6.07, 6.45) is 0. The van der Waals surface area contributed by atoms with E-state index in [1.807, 2.05) is 78.9 Å². The van der Waals surface area contributed by atoms with Gasteiger partial charge in [-0.2, -0.15) is 0 Å². The van der Waals surface area contributed by atoms with Gasteiger partial charge in [0.15, 0.2) is 0 Å². The van der Waals surface area contributed by atoms with Gasteiger partial charge in [-0.1, -0.05) is 48.5 Å². The molecule has 2 aliphatic rings. The number of hydrogen-bond acceptors (Lipinski definition) is 4. The van der Waals surface area contributed by atoms with Crippen molar-refractivity contribution in [2.24, 2.45) is 0 Å². The van der Waals surface area contributed by atoms with E-state index in [0.29, 0.717) is 6.54 Å². The molecule has 0 bridgehead atoms. The van der Waals surface area contributed by atoms with Crippen LogP contribution in [0.4, 0.5) is 11.4 Å². The van der Waals surface area contributed by atoms with Gasteiger partial charge in [-0.05, 0) is 35.9 Å². The number of carbonyl (C=O) groups is 2. The van der Waals surface area contributed by atoms with Crippen LogP contribution in [0.15, 0.2) is 78.9 Å². The Balaban J connectivity index is 1.62. The molecular weight excluding hydrogens is 396 g/mol. The minimum Gasteiger partial charge on any atom is -0.497 e. The number of rotatable bonds is 4. The van der Waals surface area contributed by atoms with Crippen LogP contribution in [0.2, 0.25) is 0 Å². The van der Waals surface area contributed by atoms with Crippen LogP contribution >= 0.6 is 11.8 Å². The fourth-order valence-corrected chi connectivity index (χ4v) is 5.60. The Morgan fingerprint density at radius 1 is 0.967 bits per heavy atom. The maximum absolute atomic E-state index is 14.0. The summed E-state index contributed by atoms with van der Waals surface area (Å²) in [6.45, 7) is 0.409. The summed E-state index contributed by atoms with van der Waals surface area (Å²) in [4.78, 5) is 29.3. The highest BCUT2D eigenvalue weighted by molar-refractivity contribution is 8.02. The number of para-hydroxylation sites is 2. The smallest absolute Gasteiger partial charge is 0.269 e. The number of carbonyl (C=O) groups excluding carboxylic acids is 2. The van der Waals surface area contributed by atoms with E-state index in [4.69, 9.17) is 4.74 Å². The zero-order chi connectivity index (χ0) is 20.7. The lowest BCUT2D eigenvalue weighted by atomic mass is 10.0. The quantitative estimate of drug-likeness (QED) is 0.640. The molecule has 3 aromatic rings. The third-order valence-corrected chi connectivity index (χ3v) is 6.94. The van der Waals surface area contributed by atoms with Crippen molar-refractivity contribution in [3.05, 3.63) is 90.0 Å². The van der Waals surface area contributed by atoms with Gasteiger partial charge in [-0.15, -0.1) is 11.8 Å². The second-order valence-electron chi connectivity index (χ2n) is 7.26. The molecule has 3 aromatic carbocycles. The molecule has 0 aromatic heterocycles. The molecule has 0 N–H and O–H groups in total. The van der Waals surface area contributed by atoms with Gasteiger partial charge in [0.05, 0.1) is 25.1 Å². The maximum atomic E-state index is 14.0. The Bertz CT molecular complexity index is 1130. The van der Waals surface area contributed by atoms with Crippen molar-refractivity contribution < 1.29 is 14.3 Å². The van der Waals surface area contributed by atoms with Crippen molar-refractivity contribution in [2.45, 2.75) is 11.4 Å². The summed E-state index contributed by atoms with van der Waals surface area (Å²) < 4.78 is 5.34. The van der Waals surface area contributed by atoms with Crippen molar-refractivity contribution in [1.82, 2.24) is 0 Å². The first-order valence-electron chi connectivity index (χ1n) is 9.71. The molecule has 0 radical (unpaired) electrons. The minimum absolute atomic E-state index is 0.0578. The standard InChI is InChI=1S/C24H20N2O3S/c1-29-19-11-7-8-17(14-19)15-25-21-13-6-5-12-20(21)24(23(25)28)26(22(27)16-30-24)18-9-3-2-4-10-18/h2-14H,15-16H2,1H3/t24-/m1/s1. The van der Waals surface area contributed by atoms with E-state index in [1.165, 1.54) is 11.8 Å². The van der Waals surface area contributed by atoms with E-state index < -0.39 is 4.87 Å². The van der Waals surface area contributed by atoms with E-state index in [0.717, 1.165) is 28.3 Å². The molecule has 0 saturated carbocycles. The van der Waals surface area contributed by atoms with E-state index in [-0.39, 0.29) is 17.6 Å². The van der Waals surface area contributed by atoms with E-state index in [2.05, 4.69) is 0 Å². The van der Waals surface area contributed by atoms with Gasteiger partial charge in [-0.25, -0.2) is 0 Å². The van der Waals surface area contributed by atoms with Crippen LogP contribution in [-0.2, 0) is 21.0 Å². The highest BCUT2D eigenvalue weighted by Crippen LogP contribution is 2.55. The summed E-state index contributed by atoms with van der Waals surface area (Å²) in [5.74, 6) is 0.865. The average Bonchev–Trinajstić information content (AvgIpc) is 3.25. The van der Waals surface area contributed by atoms with E-state index in [1.54, 1.807) is 16.9 Å². The van der Waals surface area contributed by atoms with Crippen molar-refractivity contribution in [1.29, 1.82) is 0 Å². The molecule has 1 atom stereocenters. The first-order chi connectivity index (χ1) is 14.6. The molecule has 5 rings (SSSR count). The number of amides is 2. The Morgan fingerprint density at radius 2 is 1.73 bits per heavy atom. The first kappa shape index (κ1) is 18.8. The van der Waals surface area contributed by atoms with Crippen molar-refractivity contribution in [2.75, 3.05) is 22.7 Å². The summed E-state index contributed by atoms with van der Waals surface area (Å²) in [6, 6.07) is 24.9. The second-order valence-corrected chi connectivity index (χ2v) is 8.43. The fraction of sp³-hybridized carbons (Fsp3) is 0.167.